The van der Waals surface area contributed by atoms with Crippen LogP contribution in [0.5, 0.6) is 5.88 Å². The largest absolute Gasteiger partial charge is 0.480 e. The summed E-state index contributed by atoms with van der Waals surface area (Å²) in [5.41, 5.74) is 2.61. The number of fused-ring (bicyclic) bond motifs is 1. The third-order valence-corrected chi connectivity index (χ3v) is 4.86. The maximum Gasteiger partial charge on any atom is 0.256 e. The Kier molecular flexibility index (Phi) is 4.72. The molecule has 3 aromatic heterocycles. The third kappa shape index (κ3) is 3.30. The monoisotopic (exact) mass is 381 g/mol. The summed E-state index contributed by atoms with van der Waals surface area (Å²) < 4.78 is 6.95. The number of rotatable bonds is 6. The average molecular weight is 381 g/mol. The fourth-order valence-corrected chi connectivity index (χ4v) is 3.13. The Bertz CT molecular complexity index is 1030. The van der Waals surface area contributed by atoms with Gasteiger partial charge >= 0.3 is 0 Å². The summed E-state index contributed by atoms with van der Waals surface area (Å²) in [5.74, 6) is 1.58. The zero-order valence-electron chi connectivity index (χ0n) is 16.1. The quantitative estimate of drug-likeness (QED) is 0.602. The Labute approximate surface area is 162 Å². The van der Waals surface area contributed by atoms with Crippen molar-refractivity contribution in [1.29, 1.82) is 0 Å². The Balaban J connectivity index is 1.72. The van der Waals surface area contributed by atoms with Crippen LogP contribution in [0.3, 0.4) is 0 Å². The van der Waals surface area contributed by atoms with Crippen molar-refractivity contribution < 1.29 is 9.53 Å². The van der Waals surface area contributed by atoms with E-state index in [0.717, 1.165) is 24.8 Å². The van der Waals surface area contributed by atoms with Crippen molar-refractivity contribution in [2.75, 3.05) is 24.8 Å². The van der Waals surface area contributed by atoms with Gasteiger partial charge in [0.05, 0.1) is 13.3 Å². The van der Waals surface area contributed by atoms with Crippen LogP contribution in [0.2, 0.25) is 0 Å². The minimum Gasteiger partial charge on any atom is -0.480 e. The summed E-state index contributed by atoms with van der Waals surface area (Å²) in [6, 6.07) is 3.99. The summed E-state index contributed by atoms with van der Waals surface area (Å²) in [7, 11) is 3.36. The molecule has 1 fully saturated rings. The number of nitrogens with zero attached hydrogens (tertiary/aromatic N) is 4. The molecule has 1 aliphatic rings. The van der Waals surface area contributed by atoms with E-state index in [4.69, 9.17) is 4.74 Å². The number of aromatic nitrogens is 4. The van der Waals surface area contributed by atoms with E-state index in [1.54, 1.807) is 31.1 Å². The van der Waals surface area contributed by atoms with Gasteiger partial charge in [-0.2, -0.15) is 9.61 Å². The number of amides is 1. The molecule has 3 aromatic rings. The number of methoxy groups -OCH3 is 1. The first kappa shape index (κ1) is 18.0. The lowest BCUT2D eigenvalue weighted by atomic mass is 9.93. The first-order valence-electron chi connectivity index (χ1n) is 9.24. The molecule has 1 saturated carbocycles. The van der Waals surface area contributed by atoms with Crippen molar-refractivity contribution in [2.45, 2.75) is 32.2 Å². The molecule has 0 bridgehead atoms. The molecule has 1 aliphatic carbocycles. The number of hydrogen-bond donors (Lipinski definition) is 3. The van der Waals surface area contributed by atoms with Gasteiger partial charge in [-0.1, -0.05) is 0 Å². The average Bonchev–Trinajstić information content (AvgIpc) is 3.08. The number of carbonyl (C=O) groups excluding carboxylic acids is 1. The van der Waals surface area contributed by atoms with Crippen LogP contribution in [-0.4, -0.2) is 45.7 Å². The summed E-state index contributed by atoms with van der Waals surface area (Å²) in [4.78, 5) is 21.6. The highest BCUT2D eigenvalue weighted by atomic mass is 16.5. The number of nitrogens with one attached hydrogen (secondary N) is 3. The second-order valence-corrected chi connectivity index (χ2v) is 6.87. The molecule has 0 unspecified atom stereocenters. The lowest BCUT2D eigenvalue weighted by Gasteiger charge is -2.26. The van der Waals surface area contributed by atoms with E-state index in [2.05, 4.69) is 31.0 Å². The van der Waals surface area contributed by atoms with Gasteiger partial charge in [-0.05, 0) is 37.8 Å². The molecule has 0 saturated heterocycles. The molecule has 1 amide bonds. The van der Waals surface area contributed by atoms with E-state index in [1.807, 2.05) is 19.1 Å². The van der Waals surface area contributed by atoms with Gasteiger partial charge < -0.3 is 20.7 Å². The number of anilines is 3. The highest BCUT2D eigenvalue weighted by molar-refractivity contribution is 6.00. The summed E-state index contributed by atoms with van der Waals surface area (Å²) in [6.07, 6.45) is 6.48. The Morgan fingerprint density at radius 3 is 2.79 bits per heavy atom. The van der Waals surface area contributed by atoms with Crippen LogP contribution in [0.1, 0.15) is 35.2 Å². The van der Waals surface area contributed by atoms with Gasteiger partial charge in [0, 0.05) is 25.4 Å². The second-order valence-electron chi connectivity index (χ2n) is 6.87. The molecule has 0 spiro atoms. The molecule has 0 aliphatic heterocycles. The van der Waals surface area contributed by atoms with Crippen LogP contribution in [0, 0.1) is 6.92 Å². The zero-order valence-corrected chi connectivity index (χ0v) is 16.1. The van der Waals surface area contributed by atoms with E-state index in [0.29, 0.717) is 34.4 Å². The molecule has 4 rings (SSSR count). The van der Waals surface area contributed by atoms with Crippen LogP contribution in [0.15, 0.2) is 24.5 Å². The van der Waals surface area contributed by atoms with Crippen LogP contribution in [0.4, 0.5) is 17.3 Å². The van der Waals surface area contributed by atoms with Gasteiger partial charge in [0.2, 0.25) is 5.88 Å². The molecule has 3 heterocycles. The van der Waals surface area contributed by atoms with Crippen molar-refractivity contribution in [2.24, 2.45) is 0 Å². The van der Waals surface area contributed by atoms with Crippen LogP contribution in [0.25, 0.3) is 5.65 Å². The molecule has 0 radical (unpaired) electrons. The van der Waals surface area contributed by atoms with E-state index in [-0.39, 0.29) is 11.9 Å². The normalized spacial score (nSPS) is 13.8. The predicted octanol–water partition coefficient (Wildman–Crippen LogP) is 2.51. The first-order valence-corrected chi connectivity index (χ1v) is 9.24. The number of ether oxygens (including phenoxy) is 1. The van der Waals surface area contributed by atoms with Gasteiger partial charge in [-0.3, -0.25) is 4.79 Å². The molecule has 9 heteroatoms. The van der Waals surface area contributed by atoms with Gasteiger partial charge in [0.25, 0.3) is 5.91 Å². The van der Waals surface area contributed by atoms with Crippen molar-refractivity contribution in [3.8, 4) is 5.88 Å². The molecule has 9 nitrogen and oxygen atoms in total. The fraction of sp³-hybridized carbons (Fsp3) is 0.368. The smallest absolute Gasteiger partial charge is 0.256 e. The minimum atomic E-state index is -0.152. The molecule has 3 N–H and O–H groups in total. The molecule has 146 valence electrons. The maximum atomic E-state index is 12.7. The van der Waals surface area contributed by atoms with Crippen molar-refractivity contribution in [1.82, 2.24) is 24.9 Å². The number of carbonyl (C=O) groups is 1. The first-order chi connectivity index (χ1) is 13.6. The molecule has 0 aromatic carbocycles. The molecule has 28 heavy (non-hydrogen) atoms. The zero-order chi connectivity index (χ0) is 19.7. The summed E-state index contributed by atoms with van der Waals surface area (Å²) in [5, 5.41) is 13.7. The SMILES string of the molecule is CNc1cc(Nc2cc(C)cnc2OC)nc2c(C(=O)NC3CCC3)cnn12. The fourth-order valence-electron chi connectivity index (χ4n) is 3.13. The number of aryl methyl sites for hydroxylation is 1. The standard InChI is InChI=1S/C19H23N7O2/c1-11-7-14(19(28-3)21-9-11)24-15-8-16(20-2)26-17(25-15)13(10-22-26)18(27)23-12-5-4-6-12/h7-10,12,20H,4-6H2,1-3H3,(H,23,27)(H,24,25). The maximum absolute atomic E-state index is 12.7. The molecule has 0 atom stereocenters. The van der Waals surface area contributed by atoms with Gasteiger partial charge in [-0.25, -0.2) is 9.97 Å². The van der Waals surface area contributed by atoms with Gasteiger partial charge in [0.1, 0.15) is 22.9 Å². The minimum absolute atomic E-state index is 0.152. The topological polar surface area (TPSA) is 105 Å². The van der Waals surface area contributed by atoms with Gasteiger partial charge in [0.15, 0.2) is 5.65 Å². The lowest BCUT2D eigenvalue weighted by Crippen LogP contribution is -2.39. The predicted molar refractivity (Wildman–Crippen MR) is 106 cm³/mol. The number of pyridine rings is 1. The van der Waals surface area contributed by atoms with Gasteiger partial charge in [-0.15, -0.1) is 0 Å². The highest BCUT2D eigenvalue weighted by Gasteiger charge is 2.23. The Hall–Kier alpha value is -3.36. The van der Waals surface area contributed by atoms with Crippen LogP contribution in [-0.2, 0) is 0 Å². The Morgan fingerprint density at radius 1 is 1.29 bits per heavy atom. The van der Waals surface area contributed by atoms with Crippen LogP contribution >= 0.6 is 0 Å². The van der Waals surface area contributed by atoms with Crippen molar-refractivity contribution >= 4 is 28.9 Å². The summed E-state index contributed by atoms with van der Waals surface area (Å²) in [6.45, 7) is 1.95. The van der Waals surface area contributed by atoms with Crippen molar-refractivity contribution in [3.05, 3.63) is 35.7 Å². The summed E-state index contributed by atoms with van der Waals surface area (Å²) >= 11 is 0. The third-order valence-electron chi connectivity index (χ3n) is 4.86. The van der Waals surface area contributed by atoms with E-state index < -0.39 is 0 Å². The number of hydrogen-bond acceptors (Lipinski definition) is 7. The van der Waals surface area contributed by atoms with Crippen LogP contribution < -0.4 is 20.7 Å². The van der Waals surface area contributed by atoms with Crippen molar-refractivity contribution in [3.63, 3.8) is 0 Å². The lowest BCUT2D eigenvalue weighted by molar-refractivity contribution is 0.0918. The highest BCUT2D eigenvalue weighted by Crippen LogP contribution is 2.28. The second kappa shape index (κ2) is 7.34. The van der Waals surface area contributed by atoms with E-state index in [1.165, 1.54) is 0 Å². The van der Waals surface area contributed by atoms with E-state index >= 15 is 0 Å². The molecular formula is C19H23N7O2. The molecular weight excluding hydrogens is 358 g/mol. The Morgan fingerprint density at radius 2 is 2.11 bits per heavy atom. The van der Waals surface area contributed by atoms with E-state index in [9.17, 15) is 4.79 Å².